The fourth-order valence-corrected chi connectivity index (χ4v) is 3.59. The molecule has 6 heteroatoms. The molecule has 0 saturated carbocycles. The van der Waals surface area contributed by atoms with E-state index in [0.717, 1.165) is 47.7 Å². The third-order valence-corrected chi connectivity index (χ3v) is 5.13. The van der Waals surface area contributed by atoms with Gasteiger partial charge >= 0.3 is 0 Å². The molecule has 1 aliphatic heterocycles. The number of hydrogen-bond donors (Lipinski definition) is 1. The van der Waals surface area contributed by atoms with E-state index in [2.05, 4.69) is 54.3 Å². The number of piperazine rings is 1. The molecule has 6 nitrogen and oxygen atoms in total. The van der Waals surface area contributed by atoms with Gasteiger partial charge < -0.3 is 15.1 Å². The van der Waals surface area contributed by atoms with Gasteiger partial charge in [0.05, 0.1) is 17.4 Å². The van der Waals surface area contributed by atoms with Gasteiger partial charge in [0.1, 0.15) is 0 Å². The highest BCUT2D eigenvalue weighted by Gasteiger charge is 2.31. The Kier molecular flexibility index (Phi) is 7.00. The highest BCUT2D eigenvalue weighted by atomic mass is 16.2. The van der Waals surface area contributed by atoms with Crippen molar-refractivity contribution in [1.82, 2.24) is 14.8 Å². The van der Waals surface area contributed by atoms with Crippen molar-refractivity contribution in [3.05, 3.63) is 48.4 Å². The topological polar surface area (TPSA) is 72.3 Å². The molecule has 1 atom stereocenters. The van der Waals surface area contributed by atoms with Crippen molar-refractivity contribution >= 4 is 22.5 Å². The van der Waals surface area contributed by atoms with Gasteiger partial charge in [-0.2, -0.15) is 0 Å². The highest BCUT2D eigenvalue weighted by molar-refractivity contribution is 5.92. The minimum absolute atomic E-state index is 0. The normalized spacial score (nSPS) is 16.5. The fourth-order valence-electron chi connectivity index (χ4n) is 3.59. The summed E-state index contributed by atoms with van der Waals surface area (Å²) < 4.78 is 0. The van der Waals surface area contributed by atoms with Crippen LogP contribution in [0.4, 0.5) is 5.69 Å². The van der Waals surface area contributed by atoms with Gasteiger partial charge in [0.2, 0.25) is 5.91 Å². The van der Waals surface area contributed by atoms with E-state index in [9.17, 15) is 4.79 Å². The predicted molar refractivity (Wildman–Crippen MR) is 116 cm³/mol. The molecule has 1 saturated heterocycles. The van der Waals surface area contributed by atoms with Gasteiger partial charge in [-0.05, 0) is 37.1 Å². The van der Waals surface area contributed by atoms with E-state index in [-0.39, 0.29) is 13.4 Å². The molecule has 1 aromatic heterocycles. The van der Waals surface area contributed by atoms with Crippen LogP contribution in [0.3, 0.4) is 0 Å². The molecule has 1 aliphatic rings. The molecule has 1 amide bonds. The minimum Gasteiger partial charge on any atom is -0.352 e. The second kappa shape index (κ2) is 9.23. The Labute approximate surface area is 168 Å². The Balaban J connectivity index is 0.00000136. The van der Waals surface area contributed by atoms with Crippen LogP contribution in [0.25, 0.3) is 10.9 Å². The second-order valence-electron chi connectivity index (χ2n) is 7.37. The molecule has 0 radical (unpaired) electrons. The number of aryl methyl sites for hydroxylation is 1. The molecule has 150 valence electrons. The largest absolute Gasteiger partial charge is 0.352 e. The highest BCUT2D eigenvalue weighted by Crippen LogP contribution is 2.26. The summed E-state index contributed by atoms with van der Waals surface area (Å²) in [6.07, 6.45) is 0. The van der Waals surface area contributed by atoms with Crippen LogP contribution in [0.5, 0.6) is 0 Å². The van der Waals surface area contributed by atoms with Crippen LogP contribution in [0, 0.1) is 24.7 Å². The number of rotatable bonds is 4. The lowest BCUT2D eigenvalue weighted by molar-refractivity contribution is -0.131. The number of fused-ring (bicyclic) bond motifs is 1. The number of carbonyl (C=O) groups is 1. The molecule has 3 rings (SSSR count). The lowest BCUT2D eigenvalue weighted by Crippen LogP contribution is -2.56. The summed E-state index contributed by atoms with van der Waals surface area (Å²) in [5.74, 6) is 1.44. The summed E-state index contributed by atoms with van der Waals surface area (Å²) in [4.78, 5) is 20.6. The van der Waals surface area contributed by atoms with Crippen molar-refractivity contribution in [3.63, 3.8) is 0 Å². The number of nitrogens with one attached hydrogen (secondary N) is 1. The van der Waals surface area contributed by atoms with Crippen molar-refractivity contribution in [1.29, 1.82) is 5.26 Å². The number of hydrogen-bond acceptors (Lipinski definition) is 5. The number of pyridine rings is 1. The maximum atomic E-state index is 11.8. The second-order valence-corrected chi connectivity index (χ2v) is 7.37. The number of amides is 1. The number of nitrogens with zero attached hydrogens (tertiary/aromatic N) is 4. The van der Waals surface area contributed by atoms with Crippen LogP contribution >= 0.6 is 0 Å². The Bertz CT molecular complexity index is 880. The summed E-state index contributed by atoms with van der Waals surface area (Å²) in [6, 6.07) is 10.5. The molecule has 0 spiro atoms. The summed E-state index contributed by atoms with van der Waals surface area (Å²) >= 11 is 0. The van der Waals surface area contributed by atoms with E-state index in [1.165, 1.54) is 0 Å². The lowest BCUT2D eigenvalue weighted by Gasteiger charge is -2.45. The van der Waals surface area contributed by atoms with Crippen molar-refractivity contribution in [2.45, 2.75) is 33.7 Å². The van der Waals surface area contributed by atoms with Crippen LogP contribution in [0.2, 0.25) is 0 Å². The van der Waals surface area contributed by atoms with Gasteiger partial charge in [-0.25, -0.2) is 5.26 Å². The fraction of sp³-hybridized carbons (Fsp3) is 0.409. The number of nitriles is 1. The summed E-state index contributed by atoms with van der Waals surface area (Å²) in [7, 11) is 0. The first kappa shape index (κ1) is 21.2. The third-order valence-electron chi connectivity index (χ3n) is 5.13. The zero-order valence-corrected chi connectivity index (χ0v) is 17.1. The van der Waals surface area contributed by atoms with Gasteiger partial charge in [-0.1, -0.05) is 26.5 Å². The number of anilines is 1. The van der Waals surface area contributed by atoms with Crippen molar-refractivity contribution in [3.8, 4) is 6.57 Å². The summed E-state index contributed by atoms with van der Waals surface area (Å²) in [5.41, 5.74) is 3.00. The first-order chi connectivity index (χ1) is 13.4. The third kappa shape index (κ3) is 4.61. The molecule has 1 unspecified atom stereocenters. The average Bonchev–Trinajstić information content (AvgIpc) is 2.68. The van der Waals surface area contributed by atoms with Crippen LogP contribution in [-0.2, 0) is 4.79 Å². The Morgan fingerprint density at radius 2 is 2.04 bits per heavy atom. The molecule has 1 fully saturated rings. The first-order valence-electron chi connectivity index (χ1n) is 9.47. The number of aromatic nitrogens is 1. The quantitative estimate of drug-likeness (QED) is 0.867. The zero-order valence-electron chi connectivity index (χ0n) is 17.1. The molecular formula is C22H31N5O. The zero-order chi connectivity index (χ0) is 20.8. The standard InChI is InChI=1S/C21H28N4O.CHN.H2/c1-14(2)21-13-24(17(5)26)11-12-25(21)16(4)23-20-8-6-7-19-18(20)10-9-15(3)22-19;1-2;/h6-10,14,21,23H,4,11-13H2,1-3,5H3;1H;1H. The summed E-state index contributed by atoms with van der Waals surface area (Å²) in [6.45, 7) is 18.1. The molecule has 1 N–H and O–H groups in total. The molecule has 2 heterocycles. The first-order valence-corrected chi connectivity index (χ1v) is 9.47. The SMILES string of the molecule is C#N.C=C(Nc1cccc2nc(C)ccc12)N1CCN(C(C)=O)CC1C(C)C.[HH]. The summed E-state index contributed by atoms with van der Waals surface area (Å²) in [5, 5.41) is 11.1. The van der Waals surface area contributed by atoms with Gasteiger partial charge in [-0.15, -0.1) is 0 Å². The number of carbonyl (C=O) groups excluding carboxylic acids is 1. The Hall–Kier alpha value is -3.07. The van der Waals surface area contributed by atoms with E-state index >= 15 is 0 Å². The predicted octanol–water partition coefficient (Wildman–Crippen LogP) is 4.00. The van der Waals surface area contributed by atoms with Crippen molar-refractivity contribution < 1.29 is 6.22 Å². The Morgan fingerprint density at radius 3 is 2.68 bits per heavy atom. The van der Waals surface area contributed by atoms with E-state index in [1.54, 1.807) is 6.92 Å². The maximum Gasteiger partial charge on any atom is 0.219 e. The average molecular weight is 382 g/mol. The van der Waals surface area contributed by atoms with Crippen molar-refractivity contribution in [2.24, 2.45) is 5.92 Å². The molecule has 1 aromatic carbocycles. The van der Waals surface area contributed by atoms with Gasteiger partial charge in [0.25, 0.3) is 0 Å². The molecule has 28 heavy (non-hydrogen) atoms. The van der Waals surface area contributed by atoms with Crippen LogP contribution in [0.1, 0.15) is 27.9 Å². The molecule has 0 bridgehead atoms. The van der Waals surface area contributed by atoms with Crippen LogP contribution in [0.15, 0.2) is 42.7 Å². The monoisotopic (exact) mass is 381 g/mol. The minimum atomic E-state index is 0. The maximum absolute atomic E-state index is 11.8. The van der Waals surface area contributed by atoms with Gasteiger partial charge in [-0.3, -0.25) is 9.78 Å². The van der Waals surface area contributed by atoms with Gasteiger partial charge in [0, 0.05) is 51.3 Å². The molecule has 0 aliphatic carbocycles. The van der Waals surface area contributed by atoms with Gasteiger partial charge in [0.15, 0.2) is 0 Å². The number of benzene rings is 1. The van der Waals surface area contributed by atoms with E-state index < -0.39 is 0 Å². The molecule has 2 aromatic rings. The van der Waals surface area contributed by atoms with Crippen molar-refractivity contribution in [2.75, 3.05) is 25.0 Å². The van der Waals surface area contributed by atoms with Crippen LogP contribution in [-0.4, -0.2) is 46.4 Å². The Morgan fingerprint density at radius 1 is 1.32 bits per heavy atom. The van der Waals surface area contributed by atoms with E-state index in [4.69, 9.17) is 5.26 Å². The van der Waals surface area contributed by atoms with E-state index in [0.29, 0.717) is 5.92 Å². The smallest absolute Gasteiger partial charge is 0.219 e. The lowest BCUT2D eigenvalue weighted by atomic mass is 9.99. The van der Waals surface area contributed by atoms with E-state index in [1.807, 2.05) is 30.0 Å². The van der Waals surface area contributed by atoms with Crippen LogP contribution < -0.4 is 5.32 Å². The molecular weight excluding hydrogens is 350 g/mol.